The van der Waals surface area contributed by atoms with E-state index in [-0.39, 0.29) is 5.95 Å². The van der Waals surface area contributed by atoms with Crippen LogP contribution in [0.3, 0.4) is 0 Å². The van der Waals surface area contributed by atoms with Crippen molar-refractivity contribution in [2.45, 2.75) is 0 Å². The van der Waals surface area contributed by atoms with Crippen molar-refractivity contribution in [1.82, 2.24) is 24.5 Å². The van der Waals surface area contributed by atoms with E-state index in [0.717, 1.165) is 4.88 Å². The fourth-order valence-corrected chi connectivity index (χ4v) is 2.50. The Balaban J connectivity index is 2.15. The van der Waals surface area contributed by atoms with Gasteiger partial charge in [-0.2, -0.15) is 15.0 Å². The van der Waals surface area contributed by atoms with E-state index in [4.69, 9.17) is 17.3 Å². The van der Waals surface area contributed by atoms with Gasteiger partial charge in [0.1, 0.15) is 6.33 Å². The van der Waals surface area contributed by atoms with E-state index in [9.17, 15) is 0 Å². The molecule has 18 heavy (non-hydrogen) atoms. The van der Waals surface area contributed by atoms with Gasteiger partial charge in [-0.25, -0.2) is 4.98 Å². The molecule has 0 aliphatic heterocycles. The van der Waals surface area contributed by atoms with Crippen LogP contribution in [0.25, 0.3) is 16.6 Å². The quantitative estimate of drug-likeness (QED) is 0.775. The van der Waals surface area contributed by atoms with Gasteiger partial charge in [0, 0.05) is 12.4 Å². The third-order valence-corrected chi connectivity index (χ3v) is 3.53. The lowest BCUT2D eigenvalue weighted by Crippen LogP contribution is -2.06. The molecule has 0 unspecified atom stereocenters. The molecule has 3 heterocycles. The van der Waals surface area contributed by atoms with Crippen molar-refractivity contribution in [3.63, 3.8) is 0 Å². The minimum atomic E-state index is 0.146. The van der Waals surface area contributed by atoms with Crippen LogP contribution in [0.2, 0.25) is 5.02 Å². The summed E-state index contributed by atoms with van der Waals surface area (Å²) in [4.78, 5) is 17.2. The lowest BCUT2D eigenvalue weighted by Gasteiger charge is -2.03. The number of nitrogens with zero attached hydrogens (tertiary/aromatic N) is 5. The van der Waals surface area contributed by atoms with Gasteiger partial charge in [-0.3, -0.25) is 4.57 Å². The standard InChI is InChI=1S/C10H7ClN6S/c11-6-1-4-18-7(6)8-14-9(12)16-10(15-8)17-3-2-13-5-17/h1-5H,(H2,12,14,15,16). The first-order valence-corrected chi connectivity index (χ1v) is 6.23. The first-order valence-electron chi connectivity index (χ1n) is 4.97. The molecule has 3 aromatic heterocycles. The maximum Gasteiger partial charge on any atom is 0.240 e. The second-order valence-corrected chi connectivity index (χ2v) is 4.71. The van der Waals surface area contributed by atoms with Crippen molar-refractivity contribution in [3.05, 3.63) is 35.2 Å². The molecule has 0 aliphatic rings. The SMILES string of the molecule is Nc1nc(-c2sccc2Cl)nc(-n2ccnc2)n1. The summed E-state index contributed by atoms with van der Waals surface area (Å²) < 4.78 is 1.66. The monoisotopic (exact) mass is 278 g/mol. The van der Waals surface area contributed by atoms with Crippen LogP contribution in [0.15, 0.2) is 30.2 Å². The van der Waals surface area contributed by atoms with Crippen molar-refractivity contribution in [3.8, 4) is 16.6 Å². The number of rotatable bonds is 2. The van der Waals surface area contributed by atoms with Crippen molar-refractivity contribution in [2.24, 2.45) is 0 Å². The summed E-state index contributed by atoms with van der Waals surface area (Å²) in [6.45, 7) is 0. The lowest BCUT2D eigenvalue weighted by atomic mass is 10.4. The van der Waals surface area contributed by atoms with Crippen molar-refractivity contribution >= 4 is 28.9 Å². The fourth-order valence-electron chi connectivity index (χ4n) is 1.43. The van der Waals surface area contributed by atoms with E-state index in [0.29, 0.717) is 16.8 Å². The second kappa shape index (κ2) is 4.35. The molecule has 3 aromatic rings. The average Bonchev–Trinajstić information content (AvgIpc) is 2.98. The Kier molecular flexibility index (Phi) is 2.69. The predicted octanol–water partition coefficient (Wildman–Crippen LogP) is 2.02. The van der Waals surface area contributed by atoms with Gasteiger partial charge in [0.05, 0.1) is 9.90 Å². The number of hydrogen-bond acceptors (Lipinski definition) is 6. The second-order valence-electron chi connectivity index (χ2n) is 3.38. The highest BCUT2D eigenvalue weighted by molar-refractivity contribution is 7.14. The van der Waals surface area contributed by atoms with Gasteiger partial charge in [0.2, 0.25) is 11.9 Å². The van der Waals surface area contributed by atoms with Gasteiger partial charge in [-0.15, -0.1) is 11.3 Å². The highest BCUT2D eigenvalue weighted by atomic mass is 35.5. The van der Waals surface area contributed by atoms with Gasteiger partial charge in [0.25, 0.3) is 0 Å². The molecule has 0 aliphatic carbocycles. The molecule has 0 atom stereocenters. The van der Waals surface area contributed by atoms with Gasteiger partial charge in [0.15, 0.2) is 5.82 Å². The molecule has 0 aromatic carbocycles. The molecule has 0 radical (unpaired) electrons. The van der Waals surface area contributed by atoms with Crippen LogP contribution in [-0.4, -0.2) is 24.5 Å². The summed E-state index contributed by atoms with van der Waals surface area (Å²) in [5.41, 5.74) is 5.69. The van der Waals surface area contributed by atoms with Crippen LogP contribution in [-0.2, 0) is 0 Å². The van der Waals surface area contributed by atoms with Crippen LogP contribution >= 0.6 is 22.9 Å². The van der Waals surface area contributed by atoms with Gasteiger partial charge in [-0.1, -0.05) is 11.6 Å². The van der Waals surface area contributed by atoms with E-state index >= 15 is 0 Å². The molecule has 0 spiro atoms. The number of nitrogen functional groups attached to an aromatic ring is 1. The Hall–Kier alpha value is -1.99. The highest BCUT2D eigenvalue weighted by Gasteiger charge is 2.12. The molecule has 0 bridgehead atoms. The Bertz CT molecular complexity index is 678. The van der Waals surface area contributed by atoms with Gasteiger partial charge < -0.3 is 5.73 Å². The molecule has 3 rings (SSSR count). The van der Waals surface area contributed by atoms with E-state index in [1.807, 2.05) is 5.38 Å². The molecule has 6 nitrogen and oxygen atoms in total. The third kappa shape index (κ3) is 1.93. The molecule has 0 amide bonds. The molecular weight excluding hydrogens is 272 g/mol. The first-order chi connectivity index (χ1) is 8.74. The summed E-state index contributed by atoms with van der Waals surface area (Å²) in [7, 11) is 0. The average molecular weight is 279 g/mol. The Morgan fingerprint density at radius 2 is 2.17 bits per heavy atom. The fraction of sp³-hybridized carbons (Fsp3) is 0. The first kappa shape index (κ1) is 11.1. The summed E-state index contributed by atoms with van der Waals surface area (Å²) in [6, 6.07) is 1.79. The van der Waals surface area contributed by atoms with Crippen molar-refractivity contribution < 1.29 is 0 Å². The molecular formula is C10H7ClN6S. The highest BCUT2D eigenvalue weighted by Crippen LogP contribution is 2.31. The van der Waals surface area contributed by atoms with Crippen LogP contribution < -0.4 is 5.73 Å². The number of imidazole rings is 1. The molecule has 0 saturated heterocycles. The number of thiophene rings is 1. The smallest absolute Gasteiger partial charge is 0.240 e. The van der Waals surface area contributed by atoms with Crippen LogP contribution in [0.4, 0.5) is 5.95 Å². The Morgan fingerprint density at radius 1 is 1.28 bits per heavy atom. The molecule has 2 N–H and O–H groups in total. The van der Waals surface area contributed by atoms with Gasteiger partial charge >= 0.3 is 0 Å². The maximum atomic E-state index is 6.05. The van der Waals surface area contributed by atoms with E-state index in [2.05, 4.69) is 19.9 Å². The van der Waals surface area contributed by atoms with E-state index in [1.165, 1.54) is 11.3 Å². The van der Waals surface area contributed by atoms with Crippen molar-refractivity contribution in [2.75, 3.05) is 5.73 Å². The Labute approximate surface area is 111 Å². The topological polar surface area (TPSA) is 82.5 Å². The Morgan fingerprint density at radius 3 is 2.83 bits per heavy atom. The zero-order valence-corrected chi connectivity index (χ0v) is 10.6. The van der Waals surface area contributed by atoms with E-state index in [1.54, 1.807) is 29.4 Å². The number of aromatic nitrogens is 5. The normalized spacial score (nSPS) is 10.7. The number of anilines is 1. The summed E-state index contributed by atoms with van der Waals surface area (Å²) in [5, 5.41) is 2.47. The van der Waals surface area contributed by atoms with E-state index < -0.39 is 0 Å². The molecule has 8 heteroatoms. The minimum Gasteiger partial charge on any atom is -0.368 e. The number of nitrogens with two attached hydrogens (primary N) is 1. The number of halogens is 1. The zero-order chi connectivity index (χ0) is 12.5. The maximum absolute atomic E-state index is 6.05. The molecule has 90 valence electrons. The number of hydrogen-bond donors (Lipinski definition) is 1. The van der Waals surface area contributed by atoms with Crippen LogP contribution in [0.5, 0.6) is 0 Å². The minimum absolute atomic E-state index is 0.146. The predicted molar refractivity (Wildman–Crippen MR) is 69.7 cm³/mol. The van der Waals surface area contributed by atoms with Crippen LogP contribution in [0, 0.1) is 0 Å². The largest absolute Gasteiger partial charge is 0.368 e. The lowest BCUT2D eigenvalue weighted by molar-refractivity contribution is 0.908. The van der Waals surface area contributed by atoms with Gasteiger partial charge in [-0.05, 0) is 11.4 Å². The van der Waals surface area contributed by atoms with Crippen molar-refractivity contribution in [1.29, 1.82) is 0 Å². The summed E-state index contributed by atoms with van der Waals surface area (Å²) in [5.74, 6) is 1.03. The zero-order valence-electron chi connectivity index (χ0n) is 8.99. The summed E-state index contributed by atoms with van der Waals surface area (Å²) in [6.07, 6.45) is 4.96. The molecule has 0 fully saturated rings. The van der Waals surface area contributed by atoms with Crippen LogP contribution in [0.1, 0.15) is 0 Å². The molecule has 0 saturated carbocycles. The summed E-state index contributed by atoms with van der Waals surface area (Å²) >= 11 is 7.51. The third-order valence-electron chi connectivity index (χ3n) is 2.20.